The molecule has 2 saturated heterocycles. The highest BCUT2D eigenvalue weighted by Gasteiger charge is 2.35. The van der Waals surface area contributed by atoms with E-state index in [0.29, 0.717) is 18.1 Å². The van der Waals surface area contributed by atoms with E-state index < -0.39 is 0 Å². The molecule has 3 heteroatoms. The first-order valence-corrected chi connectivity index (χ1v) is 4.85. The number of ether oxygens (including phenoxy) is 1. The molecule has 0 radical (unpaired) electrons. The molecule has 0 aromatic heterocycles. The second kappa shape index (κ2) is 3.32. The van der Waals surface area contributed by atoms with E-state index in [9.17, 15) is 0 Å². The summed E-state index contributed by atoms with van der Waals surface area (Å²) < 4.78 is 5.54. The largest absolute Gasteiger partial charge is 0.378 e. The van der Waals surface area contributed by atoms with Crippen LogP contribution in [0.5, 0.6) is 0 Å². The fourth-order valence-electron chi connectivity index (χ4n) is 2.40. The lowest BCUT2D eigenvalue weighted by Gasteiger charge is -2.48. The Morgan fingerprint density at radius 1 is 1.25 bits per heavy atom. The molecule has 1 N–H and O–H groups in total. The van der Waals surface area contributed by atoms with Gasteiger partial charge in [0.05, 0.1) is 13.2 Å². The predicted octanol–water partition coefficient (Wildman–Crippen LogP) is 0.0674. The molecule has 2 atom stereocenters. The molecule has 12 heavy (non-hydrogen) atoms. The van der Waals surface area contributed by atoms with E-state index in [1.165, 1.54) is 0 Å². The number of hydrogen-bond acceptors (Lipinski definition) is 3. The van der Waals surface area contributed by atoms with E-state index in [2.05, 4.69) is 24.1 Å². The van der Waals surface area contributed by atoms with E-state index >= 15 is 0 Å². The van der Waals surface area contributed by atoms with Crippen LogP contribution in [0.4, 0.5) is 0 Å². The summed E-state index contributed by atoms with van der Waals surface area (Å²) in [7, 11) is 0. The summed E-state index contributed by atoms with van der Waals surface area (Å²) >= 11 is 0. The van der Waals surface area contributed by atoms with Crippen LogP contribution in [0.1, 0.15) is 13.8 Å². The van der Waals surface area contributed by atoms with Crippen molar-refractivity contribution in [3.05, 3.63) is 0 Å². The normalized spacial score (nSPS) is 37.2. The first kappa shape index (κ1) is 8.48. The van der Waals surface area contributed by atoms with Gasteiger partial charge < -0.3 is 10.1 Å². The number of nitrogens with zero attached hydrogens (tertiary/aromatic N) is 1. The molecule has 2 fully saturated rings. The van der Waals surface area contributed by atoms with Crippen LogP contribution in [-0.2, 0) is 4.74 Å². The molecular weight excluding hydrogens is 152 g/mol. The number of fused-ring (bicyclic) bond motifs is 2. The molecule has 0 aliphatic carbocycles. The fraction of sp³-hybridized carbons (Fsp3) is 1.00. The molecule has 0 saturated carbocycles. The first-order chi connectivity index (χ1) is 5.79. The molecule has 2 bridgehead atoms. The molecule has 2 aliphatic heterocycles. The van der Waals surface area contributed by atoms with E-state index in [1.54, 1.807) is 0 Å². The van der Waals surface area contributed by atoms with Crippen LogP contribution in [0.3, 0.4) is 0 Å². The maximum absolute atomic E-state index is 5.54. The smallest absolute Gasteiger partial charge is 0.0635 e. The molecule has 0 spiro atoms. The zero-order chi connectivity index (χ0) is 8.55. The van der Waals surface area contributed by atoms with Crippen molar-refractivity contribution >= 4 is 0 Å². The molecule has 0 amide bonds. The van der Waals surface area contributed by atoms with Crippen LogP contribution < -0.4 is 5.32 Å². The van der Waals surface area contributed by atoms with Crippen molar-refractivity contribution in [3.63, 3.8) is 0 Å². The lowest BCUT2D eigenvalue weighted by atomic mass is 10.0. The van der Waals surface area contributed by atoms with Crippen molar-refractivity contribution in [1.82, 2.24) is 10.2 Å². The highest BCUT2D eigenvalue weighted by atomic mass is 16.5. The highest BCUT2D eigenvalue weighted by molar-refractivity contribution is 4.91. The van der Waals surface area contributed by atoms with E-state index in [0.717, 1.165) is 26.3 Å². The molecule has 70 valence electrons. The SMILES string of the molecule is CC(C)N1C2CNCC1COC2. The minimum Gasteiger partial charge on any atom is -0.378 e. The Morgan fingerprint density at radius 3 is 2.25 bits per heavy atom. The molecule has 0 aromatic carbocycles. The van der Waals surface area contributed by atoms with E-state index in [-0.39, 0.29) is 0 Å². The lowest BCUT2D eigenvalue weighted by Crippen LogP contribution is -2.65. The minimum absolute atomic E-state index is 0.609. The maximum atomic E-state index is 5.54. The van der Waals surface area contributed by atoms with Crippen molar-refractivity contribution < 1.29 is 4.74 Å². The zero-order valence-corrected chi connectivity index (χ0v) is 7.92. The summed E-state index contributed by atoms with van der Waals surface area (Å²) in [4.78, 5) is 2.60. The van der Waals surface area contributed by atoms with Gasteiger partial charge in [-0.15, -0.1) is 0 Å². The Morgan fingerprint density at radius 2 is 1.83 bits per heavy atom. The quantitative estimate of drug-likeness (QED) is 0.602. The summed E-state index contributed by atoms with van der Waals surface area (Å²) in [5.41, 5.74) is 0. The van der Waals surface area contributed by atoms with Crippen LogP contribution >= 0.6 is 0 Å². The van der Waals surface area contributed by atoms with Crippen LogP contribution in [0.15, 0.2) is 0 Å². The summed E-state index contributed by atoms with van der Waals surface area (Å²) in [6.07, 6.45) is 0. The predicted molar refractivity (Wildman–Crippen MR) is 48.2 cm³/mol. The Balaban J connectivity index is 2.08. The Bertz CT molecular complexity index is 139. The minimum atomic E-state index is 0.609. The van der Waals surface area contributed by atoms with Gasteiger partial charge in [-0.25, -0.2) is 0 Å². The van der Waals surface area contributed by atoms with Gasteiger partial charge in [0.25, 0.3) is 0 Å². The number of nitrogens with one attached hydrogen (secondary N) is 1. The fourth-order valence-corrected chi connectivity index (χ4v) is 2.40. The monoisotopic (exact) mass is 170 g/mol. The van der Waals surface area contributed by atoms with Gasteiger partial charge in [-0.3, -0.25) is 4.90 Å². The number of hydrogen-bond donors (Lipinski definition) is 1. The Labute approximate surface area is 74.1 Å². The highest BCUT2D eigenvalue weighted by Crippen LogP contribution is 2.19. The molecule has 2 aliphatic rings. The number of morpholine rings is 1. The van der Waals surface area contributed by atoms with Crippen LogP contribution in [0.25, 0.3) is 0 Å². The van der Waals surface area contributed by atoms with Crippen molar-refractivity contribution in [2.75, 3.05) is 26.3 Å². The van der Waals surface area contributed by atoms with Crippen molar-refractivity contribution in [2.45, 2.75) is 32.0 Å². The third-order valence-corrected chi connectivity index (χ3v) is 2.82. The number of piperazine rings is 1. The van der Waals surface area contributed by atoms with Gasteiger partial charge in [0.15, 0.2) is 0 Å². The van der Waals surface area contributed by atoms with Gasteiger partial charge in [-0.1, -0.05) is 0 Å². The van der Waals surface area contributed by atoms with Crippen molar-refractivity contribution in [2.24, 2.45) is 0 Å². The lowest BCUT2D eigenvalue weighted by molar-refractivity contribution is -0.0787. The van der Waals surface area contributed by atoms with E-state index in [1.807, 2.05) is 0 Å². The molecule has 2 rings (SSSR count). The van der Waals surface area contributed by atoms with E-state index in [4.69, 9.17) is 4.74 Å². The van der Waals surface area contributed by atoms with Crippen LogP contribution in [0, 0.1) is 0 Å². The molecular formula is C9H18N2O. The third-order valence-electron chi connectivity index (χ3n) is 2.82. The Kier molecular flexibility index (Phi) is 2.35. The first-order valence-electron chi connectivity index (χ1n) is 4.85. The summed E-state index contributed by atoms with van der Waals surface area (Å²) in [5, 5.41) is 3.45. The van der Waals surface area contributed by atoms with Crippen LogP contribution in [-0.4, -0.2) is 49.3 Å². The standard InChI is InChI=1S/C9H18N2O/c1-7(2)11-8-3-10-4-9(11)6-12-5-8/h7-10H,3-6H2,1-2H3. The van der Waals surface area contributed by atoms with Gasteiger partial charge in [-0.05, 0) is 13.8 Å². The molecule has 3 nitrogen and oxygen atoms in total. The summed E-state index contributed by atoms with van der Waals surface area (Å²) in [6.45, 7) is 8.54. The van der Waals surface area contributed by atoms with Gasteiger partial charge >= 0.3 is 0 Å². The molecule has 2 heterocycles. The second-order valence-electron chi connectivity index (χ2n) is 4.04. The summed E-state index contributed by atoms with van der Waals surface area (Å²) in [5.74, 6) is 0. The number of rotatable bonds is 1. The van der Waals surface area contributed by atoms with Gasteiger partial charge in [0.1, 0.15) is 0 Å². The average molecular weight is 170 g/mol. The Hall–Kier alpha value is -0.120. The topological polar surface area (TPSA) is 24.5 Å². The third kappa shape index (κ3) is 1.37. The average Bonchev–Trinajstić information content (AvgIpc) is 2.02. The van der Waals surface area contributed by atoms with Gasteiger partial charge in [0, 0.05) is 31.2 Å². The zero-order valence-electron chi connectivity index (χ0n) is 7.92. The van der Waals surface area contributed by atoms with Gasteiger partial charge in [0.2, 0.25) is 0 Å². The second-order valence-corrected chi connectivity index (χ2v) is 4.04. The summed E-state index contributed by atoms with van der Waals surface area (Å²) in [6, 6.07) is 1.88. The molecule has 0 aromatic rings. The molecule has 2 unspecified atom stereocenters. The van der Waals surface area contributed by atoms with Gasteiger partial charge in [-0.2, -0.15) is 0 Å². The van der Waals surface area contributed by atoms with Crippen molar-refractivity contribution in [3.8, 4) is 0 Å². The van der Waals surface area contributed by atoms with Crippen LogP contribution in [0.2, 0.25) is 0 Å². The van der Waals surface area contributed by atoms with Crippen molar-refractivity contribution in [1.29, 1.82) is 0 Å². The maximum Gasteiger partial charge on any atom is 0.0635 e.